The molecule has 4 rings (SSSR count). The highest BCUT2D eigenvalue weighted by Gasteiger charge is 2.28. The maximum absolute atomic E-state index is 12.3. The van der Waals surface area contributed by atoms with Crippen LogP contribution in [0.5, 0.6) is 11.5 Å². The van der Waals surface area contributed by atoms with Gasteiger partial charge in [0, 0.05) is 31.1 Å². The monoisotopic (exact) mass is 450 g/mol. The first kappa shape index (κ1) is 22.7. The van der Waals surface area contributed by atoms with Gasteiger partial charge in [0.2, 0.25) is 0 Å². The molecule has 0 radical (unpaired) electrons. The number of likely N-dealkylation sites (tertiary alicyclic amines) is 1. The number of amides is 2. The van der Waals surface area contributed by atoms with E-state index in [0.717, 1.165) is 52.0 Å². The maximum Gasteiger partial charge on any atom is 0.343 e. The Labute approximate surface area is 193 Å². The highest BCUT2D eigenvalue weighted by Crippen LogP contribution is 2.33. The fourth-order valence-electron chi connectivity index (χ4n) is 4.15. The average Bonchev–Trinajstić information content (AvgIpc) is 3.33. The zero-order chi connectivity index (χ0) is 23.4. The Bertz CT molecular complexity index is 1010. The maximum atomic E-state index is 12.3. The van der Waals surface area contributed by atoms with Crippen molar-refractivity contribution in [1.82, 2.24) is 19.7 Å². The Morgan fingerprint density at radius 2 is 1.61 bits per heavy atom. The molecule has 1 aliphatic rings. The van der Waals surface area contributed by atoms with Gasteiger partial charge in [0.1, 0.15) is 11.5 Å². The molecule has 174 valence electrons. The van der Waals surface area contributed by atoms with Gasteiger partial charge >= 0.3 is 6.03 Å². The molecule has 0 aliphatic carbocycles. The van der Waals surface area contributed by atoms with Gasteiger partial charge in [-0.1, -0.05) is 0 Å². The lowest BCUT2D eigenvalue weighted by atomic mass is 9.93. The van der Waals surface area contributed by atoms with Crippen LogP contribution in [0.2, 0.25) is 0 Å². The highest BCUT2D eigenvalue weighted by molar-refractivity contribution is 5.73. The number of rotatable bonds is 6. The molecule has 2 heterocycles. The molecule has 1 aromatic heterocycles. The summed E-state index contributed by atoms with van der Waals surface area (Å²) in [6.07, 6.45) is 1.59. The summed E-state index contributed by atoms with van der Waals surface area (Å²) in [7, 11) is 3.31. The lowest BCUT2D eigenvalue weighted by Crippen LogP contribution is -2.45. The number of carbonyl (C=O) groups is 1. The topological polar surface area (TPSA) is 80.1 Å². The van der Waals surface area contributed by atoms with Crippen molar-refractivity contribution in [2.45, 2.75) is 25.7 Å². The summed E-state index contributed by atoms with van der Waals surface area (Å²) in [5.41, 5.74) is 3.97. The minimum atomic E-state index is -0.335. The Balaban J connectivity index is 1.62. The molecule has 3 aromatic rings. The molecule has 0 bridgehead atoms. The molecule has 0 unspecified atom stereocenters. The number of aromatic nitrogens is 2. The predicted octanol–water partition coefficient (Wildman–Crippen LogP) is 4.57. The quantitative estimate of drug-likeness (QED) is 0.440. The van der Waals surface area contributed by atoms with Crippen LogP contribution in [-0.2, 0) is 0 Å². The van der Waals surface area contributed by atoms with Gasteiger partial charge in [0.25, 0.3) is 0 Å². The molecule has 8 nitrogen and oxygen atoms in total. The number of ether oxygens (including phenoxy) is 2. The van der Waals surface area contributed by atoms with E-state index in [1.165, 1.54) is 0 Å². The van der Waals surface area contributed by atoms with Crippen molar-refractivity contribution in [3.63, 3.8) is 0 Å². The molecular formula is C25H30N4O4. The SMILES string of the molecule is CCN(O)C(=O)N1CCC(c2cc(-c3ccc(OC)cc3)n(-c3ccc(OC)cc3)n2)CC1. The summed E-state index contributed by atoms with van der Waals surface area (Å²) in [5.74, 6) is 1.83. The van der Waals surface area contributed by atoms with Crippen LogP contribution in [0, 0.1) is 0 Å². The van der Waals surface area contributed by atoms with Crippen molar-refractivity contribution in [2.24, 2.45) is 0 Å². The Hall–Kier alpha value is -3.52. The van der Waals surface area contributed by atoms with Gasteiger partial charge < -0.3 is 14.4 Å². The van der Waals surface area contributed by atoms with E-state index in [0.29, 0.717) is 13.1 Å². The normalized spacial score (nSPS) is 14.2. The van der Waals surface area contributed by atoms with E-state index in [4.69, 9.17) is 14.6 Å². The van der Waals surface area contributed by atoms with Crippen LogP contribution in [0.4, 0.5) is 4.79 Å². The first-order valence-electron chi connectivity index (χ1n) is 11.2. The van der Waals surface area contributed by atoms with E-state index < -0.39 is 0 Å². The number of urea groups is 1. The molecule has 0 saturated carbocycles. The molecule has 0 atom stereocenters. The second-order valence-corrected chi connectivity index (χ2v) is 8.05. The Kier molecular flexibility index (Phi) is 6.84. The van der Waals surface area contributed by atoms with E-state index in [-0.39, 0.29) is 18.5 Å². The van der Waals surface area contributed by atoms with Crippen molar-refractivity contribution < 1.29 is 19.5 Å². The number of piperidine rings is 1. The largest absolute Gasteiger partial charge is 0.497 e. The minimum Gasteiger partial charge on any atom is -0.497 e. The lowest BCUT2D eigenvalue weighted by molar-refractivity contribution is -0.0542. The molecule has 33 heavy (non-hydrogen) atoms. The third-order valence-corrected chi connectivity index (χ3v) is 6.14. The second kappa shape index (κ2) is 9.95. The van der Waals surface area contributed by atoms with Crippen LogP contribution in [-0.4, -0.2) is 64.8 Å². The summed E-state index contributed by atoms with van der Waals surface area (Å²) in [4.78, 5) is 14.0. The molecular weight excluding hydrogens is 420 g/mol. The van der Waals surface area contributed by atoms with Crippen molar-refractivity contribution >= 4 is 6.03 Å². The minimum absolute atomic E-state index is 0.235. The smallest absolute Gasteiger partial charge is 0.343 e. The third kappa shape index (κ3) is 4.80. The number of benzene rings is 2. The van der Waals surface area contributed by atoms with E-state index >= 15 is 0 Å². The first-order chi connectivity index (χ1) is 16.0. The predicted molar refractivity (Wildman–Crippen MR) is 125 cm³/mol. The van der Waals surface area contributed by atoms with E-state index in [1.807, 2.05) is 53.2 Å². The molecule has 1 saturated heterocycles. The molecule has 2 amide bonds. The zero-order valence-corrected chi connectivity index (χ0v) is 19.3. The first-order valence-corrected chi connectivity index (χ1v) is 11.2. The van der Waals surface area contributed by atoms with E-state index in [1.54, 1.807) is 26.0 Å². The van der Waals surface area contributed by atoms with Crippen LogP contribution in [0.1, 0.15) is 31.4 Å². The van der Waals surface area contributed by atoms with Gasteiger partial charge in [-0.2, -0.15) is 5.10 Å². The van der Waals surface area contributed by atoms with Crippen molar-refractivity contribution in [2.75, 3.05) is 33.9 Å². The summed E-state index contributed by atoms with van der Waals surface area (Å²) in [6, 6.07) is 17.6. The molecule has 0 spiro atoms. The van der Waals surface area contributed by atoms with Crippen molar-refractivity contribution in [1.29, 1.82) is 0 Å². The number of hydrogen-bond donors (Lipinski definition) is 1. The number of nitrogens with zero attached hydrogens (tertiary/aromatic N) is 4. The van der Waals surface area contributed by atoms with Crippen molar-refractivity contribution in [3.05, 3.63) is 60.3 Å². The fraction of sp³-hybridized carbons (Fsp3) is 0.360. The Morgan fingerprint density at radius 3 is 2.15 bits per heavy atom. The molecule has 1 N–H and O–H groups in total. The van der Waals surface area contributed by atoms with Crippen LogP contribution in [0.25, 0.3) is 16.9 Å². The molecule has 8 heteroatoms. The van der Waals surface area contributed by atoms with Crippen LogP contribution < -0.4 is 9.47 Å². The third-order valence-electron chi connectivity index (χ3n) is 6.14. The van der Waals surface area contributed by atoms with Crippen LogP contribution in [0.15, 0.2) is 54.6 Å². The lowest BCUT2D eigenvalue weighted by Gasteiger charge is -2.32. The summed E-state index contributed by atoms with van der Waals surface area (Å²) in [6.45, 7) is 3.20. The summed E-state index contributed by atoms with van der Waals surface area (Å²) < 4.78 is 12.6. The fourth-order valence-corrected chi connectivity index (χ4v) is 4.15. The summed E-state index contributed by atoms with van der Waals surface area (Å²) >= 11 is 0. The molecule has 1 fully saturated rings. The van der Waals surface area contributed by atoms with Gasteiger partial charge in [0.15, 0.2) is 0 Å². The van der Waals surface area contributed by atoms with Gasteiger partial charge in [0.05, 0.1) is 31.3 Å². The highest BCUT2D eigenvalue weighted by atomic mass is 16.5. The number of methoxy groups -OCH3 is 2. The average molecular weight is 451 g/mol. The Morgan fingerprint density at radius 1 is 1.03 bits per heavy atom. The van der Waals surface area contributed by atoms with Crippen LogP contribution in [0.3, 0.4) is 0 Å². The number of hydrogen-bond acceptors (Lipinski definition) is 5. The zero-order valence-electron chi connectivity index (χ0n) is 19.3. The number of hydroxylamine groups is 2. The van der Waals surface area contributed by atoms with Crippen molar-refractivity contribution in [3.8, 4) is 28.4 Å². The standard InChI is InChI=1S/C25H30N4O4/c1-4-28(31)25(30)27-15-13-18(14-16-27)23-17-24(19-5-9-21(32-2)10-6-19)29(26-23)20-7-11-22(33-3)12-8-20/h5-12,17-18,31H,4,13-16H2,1-3H3. The van der Waals surface area contributed by atoms with Gasteiger partial charge in [-0.15, -0.1) is 0 Å². The second-order valence-electron chi connectivity index (χ2n) is 8.05. The summed E-state index contributed by atoms with van der Waals surface area (Å²) in [5, 5.41) is 15.5. The van der Waals surface area contributed by atoms with E-state index in [2.05, 4.69) is 6.07 Å². The van der Waals surface area contributed by atoms with Gasteiger partial charge in [-0.25, -0.2) is 14.5 Å². The van der Waals surface area contributed by atoms with E-state index in [9.17, 15) is 10.0 Å². The molecule has 1 aliphatic heterocycles. The van der Waals surface area contributed by atoms with Gasteiger partial charge in [-0.3, -0.25) is 5.21 Å². The van der Waals surface area contributed by atoms with Gasteiger partial charge in [-0.05, 0) is 74.4 Å². The van der Waals surface area contributed by atoms with Crippen LogP contribution >= 0.6 is 0 Å². The number of carbonyl (C=O) groups excluding carboxylic acids is 1. The molecule has 2 aromatic carbocycles.